The van der Waals surface area contributed by atoms with Crippen molar-refractivity contribution in [2.45, 2.75) is 17.8 Å². The average Bonchev–Trinajstić information content (AvgIpc) is 3.09. The monoisotopic (exact) mass is 366 g/mol. The third kappa shape index (κ3) is 3.13. The third-order valence-electron chi connectivity index (χ3n) is 4.13. The zero-order chi connectivity index (χ0) is 18.1. The highest BCUT2D eigenvalue weighted by molar-refractivity contribution is 7.98. The van der Waals surface area contributed by atoms with Gasteiger partial charge in [0.05, 0.1) is 5.69 Å². The molecule has 0 aliphatic rings. The molecular weight excluding hydrogens is 351 g/mol. The molecular formula is C19H15FN4OS. The summed E-state index contributed by atoms with van der Waals surface area (Å²) in [5, 5.41) is 11.8. The fraction of sp³-hybridized carbons (Fsp3) is 0.105. The van der Waals surface area contributed by atoms with Gasteiger partial charge in [-0.1, -0.05) is 36.0 Å². The number of halogens is 1. The van der Waals surface area contributed by atoms with Gasteiger partial charge in [0.25, 0.3) is 5.56 Å². The van der Waals surface area contributed by atoms with Gasteiger partial charge in [0.1, 0.15) is 11.3 Å². The Bertz CT molecular complexity index is 1130. The van der Waals surface area contributed by atoms with E-state index in [-0.39, 0.29) is 11.4 Å². The molecule has 130 valence electrons. The first-order valence-electron chi connectivity index (χ1n) is 8.03. The zero-order valence-corrected chi connectivity index (χ0v) is 14.8. The quantitative estimate of drug-likeness (QED) is 0.558. The third-order valence-corrected chi connectivity index (χ3v) is 5.11. The van der Waals surface area contributed by atoms with Crippen LogP contribution in [0.3, 0.4) is 0 Å². The minimum Gasteiger partial charge on any atom is -0.266 e. The van der Waals surface area contributed by atoms with Crippen LogP contribution in [0.25, 0.3) is 16.8 Å². The molecule has 0 aliphatic carbocycles. The predicted molar refractivity (Wildman–Crippen MR) is 99.7 cm³/mol. The summed E-state index contributed by atoms with van der Waals surface area (Å²) in [5.41, 5.74) is 3.83. The van der Waals surface area contributed by atoms with E-state index in [2.05, 4.69) is 34.4 Å². The van der Waals surface area contributed by atoms with Crippen LogP contribution >= 0.6 is 11.8 Å². The predicted octanol–water partition coefficient (Wildman–Crippen LogP) is 3.82. The van der Waals surface area contributed by atoms with Crippen LogP contribution in [0.5, 0.6) is 0 Å². The molecule has 0 spiro atoms. The van der Waals surface area contributed by atoms with Gasteiger partial charge >= 0.3 is 0 Å². The van der Waals surface area contributed by atoms with Crippen LogP contribution in [0, 0.1) is 12.7 Å². The average molecular weight is 366 g/mol. The van der Waals surface area contributed by atoms with E-state index in [0.717, 1.165) is 5.56 Å². The number of H-pyrrole nitrogens is 1. The molecule has 0 amide bonds. The molecule has 2 aromatic heterocycles. The maximum absolute atomic E-state index is 13.1. The number of benzene rings is 2. The van der Waals surface area contributed by atoms with E-state index in [4.69, 9.17) is 0 Å². The molecule has 0 atom stereocenters. The van der Waals surface area contributed by atoms with E-state index in [0.29, 0.717) is 22.1 Å². The first-order valence-corrected chi connectivity index (χ1v) is 9.02. The number of rotatable bonds is 4. The zero-order valence-electron chi connectivity index (χ0n) is 13.9. The summed E-state index contributed by atoms with van der Waals surface area (Å²) in [4.78, 5) is 12.1. The van der Waals surface area contributed by atoms with Gasteiger partial charge in [-0.15, -0.1) is 5.10 Å². The highest BCUT2D eigenvalue weighted by Gasteiger charge is 2.13. The molecule has 4 aromatic rings. The van der Waals surface area contributed by atoms with Crippen molar-refractivity contribution >= 4 is 17.3 Å². The molecule has 2 aromatic carbocycles. The van der Waals surface area contributed by atoms with Crippen molar-refractivity contribution in [3.05, 3.63) is 81.9 Å². The Morgan fingerprint density at radius 3 is 2.69 bits per heavy atom. The molecule has 0 saturated carbocycles. The maximum atomic E-state index is 13.1. The van der Waals surface area contributed by atoms with Crippen LogP contribution in [0.15, 0.2) is 64.5 Å². The summed E-state index contributed by atoms with van der Waals surface area (Å²) in [6, 6.07) is 15.8. The summed E-state index contributed by atoms with van der Waals surface area (Å²) in [6.07, 6.45) is 0. The van der Waals surface area contributed by atoms with Crippen LogP contribution in [0.1, 0.15) is 11.1 Å². The SMILES string of the molecule is Cc1ccccc1CSc1n[nH]c(=O)c2cc(-c3ccc(F)cc3)nn12. The van der Waals surface area contributed by atoms with Gasteiger partial charge in [0, 0.05) is 11.3 Å². The Morgan fingerprint density at radius 2 is 1.92 bits per heavy atom. The fourth-order valence-electron chi connectivity index (χ4n) is 2.66. The number of hydrogen-bond donors (Lipinski definition) is 1. The molecule has 0 bridgehead atoms. The van der Waals surface area contributed by atoms with Gasteiger partial charge in [0.2, 0.25) is 5.16 Å². The van der Waals surface area contributed by atoms with Crippen molar-refractivity contribution in [3.63, 3.8) is 0 Å². The number of thioether (sulfide) groups is 1. The van der Waals surface area contributed by atoms with Crippen LogP contribution in [0.2, 0.25) is 0 Å². The van der Waals surface area contributed by atoms with E-state index < -0.39 is 0 Å². The van der Waals surface area contributed by atoms with Crippen molar-refractivity contribution in [2.75, 3.05) is 0 Å². The minimum absolute atomic E-state index is 0.313. The summed E-state index contributed by atoms with van der Waals surface area (Å²) in [7, 11) is 0. The molecule has 0 fully saturated rings. The van der Waals surface area contributed by atoms with Crippen molar-refractivity contribution in [1.29, 1.82) is 0 Å². The number of nitrogens with one attached hydrogen (secondary N) is 1. The normalized spacial score (nSPS) is 11.2. The number of aromatic amines is 1. The first kappa shape index (κ1) is 16.5. The summed E-state index contributed by atoms with van der Waals surface area (Å²) in [6.45, 7) is 2.06. The molecule has 0 aliphatic heterocycles. The number of aromatic nitrogens is 4. The van der Waals surface area contributed by atoms with Gasteiger partial charge < -0.3 is 0 Å². The van der Waals surface area contributed by atoms with E-state index in [1.54, 1.807) is 22.7 Å². The fourth-order valence-corrected chi connectivity index (χ4v) is 3.64. The van der Waals surface area contributed by atoms with Crippen LogP contribution in [-0.4, -0.2) is 19.8 Å². The lowest BCUT2D eigenvalue weighted by atomic mass is 10.1. The Balaban J connectivity index is 1.71. The molecule has 0 saturated heterocycles. The first-order chi connectivity index (χ1) is 12.6. The standard InChI is InChI=1S/C19H15FN4OS/c1-12-4-2-3-5-14(12)11-26-19-22-21-18(25)17-10-16(23-24(17)19)13-6-8-15(20)9-7-13/h2-10H,11H2,1H3,(H,21,25). The largest absolute Gasteiger partial charge is 0.290 e. The molecule has 5 nitrogen and oxygen atoms in total. The van der Waals surface area contributed by atoms with E-state index in [1.807, 2.05) is 12.1 Å². The summed E-state index contributed by atoms with van der Waals surface area (Å²) in [5.74, 6) is 0.401. The van der Waals surface area contributed by atoms with Gasteiger partial charge in [-0.2, -0.15) is 5.10 Å². The number of nitrogens with zero attached hydrogens (tertiary/aromatic N) is 3. The second-order valence-corrected chi connectivity index (χ2v) is 6.83. The van der Waals surface area contributed by atoms with Gasteiger partial charge in [-0.25, -0.2) is 14.0 Å². The van der Waals surface area contributed by atoms with Crippen LogP contribution in [0.4, 0.5) is 4.39 Å². The highest BCUT2D eigenvalue weighted by Crippen LogP contribution is 2.24. The Labute approximate surface area is 152 Å². The van der Waals surface area contributed by atoms with Crippen molar-refractivity contribution in [3.8, 4) is 11.3 Å². The molecule has 26 heavy (non-hydrogen) atoms. The van der Waals surface area contributed by atoms with Crippen molar-refractivity contribution < 1.29 is 4.39 Å². The van der Waals surface area contributed by atoms with Crippen molar-refractivity contribution in [2.24, 2.45) is 0 Å². The van der Waals surface area contributed by atoms with E-state index in [1.165, 1.54) is 35.0 Å². The lowest BCUT2D eigenvalue weighted by molar-refractivity contribution is 0.628. The van der Waals surface area contributed by atoms with E-state index >= 15 is 0 Å². The maximum Gasteiger partial charge on any atom is 0.290 e. The lowest BCUT2D eigenvalue weighted by Crippen LogP contribution is -2.13. The molecule has 1 N–H and O–H groups in total. The highest BCUT2D eigenvalue weighted by atomic mass is 32.2. The van der Waals surface area contributed by atoms with Crippen molar-refractivity contribution in [1.82, 2.24) is 19.8 Å². The van der Waals surface area contributed by atoms with Crippen LogP contribution in [-0.2, 0) is 5.75 Å². The Morgan fingerprint density at radius 1 is 1.15 bits per heavy atom. The van der Waals surface area contributed by atoms with Gasteiger partial charge in [-0.3, -0.25) is 4.79 Å². The number of fused-ring (bicyclic) bond motifs is 1. The molecule has 2 heterocycles. The molecule has 0 unspecified atom stereocenters. The summed E-state index contributed by atoms with van der Waals surface area (Å²) < 4.78 is 14.7. The smallest absolute Gasteiger partial charge is 0.266 e. The second kappa shape index (κ2) is 6.76. The van der Waals surface area contributed by atoms with Gasteiger partial charge in [0.15, 0.2) is 0 Å². The second-order valence-electron chi connectivity index (χ2n) is 5.88. The Kier molecular flexibility index (Phi) is 4.30. The number of hydrogen-bond acceptors (Lipinski definition) is 4. The topological polar surface area (TPSA) is 63.0 Å². The number of aryl methyl sites for hydroxylation is 1. The van der Waals surface area contributed by atoms with Gasteiger partial charge in [-0.05, 0) is 48.4 Å². The Hall–Kier alpha value is -2.93. The molecule has 7 heteroatoms. The molecule has 4 rings (SSSR count). The lowest BCUT2D eigenvalue weighted by Gasteiger charge is -2.05. The van der Waals surface area contributed by atoms with Crippen LogP contribution < -0.4 is 5.56 Å². The van der Waals surface area contributed by atoms with E-state index in [9.17, 15) is 9.18 Å². The minimum atomic E-state index is -0.314. The summed E-state index contributed by atoms with van der Waals surface area (Å²) >= 11 is 1.50. The molecule has 0 radical (unpaired) electrons.